The molecule has 1 amide bonds. The Bertz CT molecular complexity index is 295. The van der Waals surface area contributed by atoms with Crippen LogP contribution in [0.15, 0.2) is 24.3 Å². The Hall–Kier alpha value is -1.71. The summed E-state index contributed by atoms with van der Waals surface area (Å²) in [4.78, 5) is 10.8. The van der Waals surface area contributed by atoms with Crippen molar-refractivity contribution in [1.29, 1.82) is 0 Å². The molecular formula is C10H13NO3. The van der Waals surface area contributed by atoms with E-state index in [2.05, 4.69) is 5.32 Å². The molecule has 0 spiro atoms. The molecule has 1 rings (SSSR count). The van der Waals surface area contributed by atoms with E-state index in [0.29, 0.717) is 5.75 Å². The summed E-state index contributed by atoms with van der Waals surface area (Å²) in [6.45, 7) is 0.0306. The first-order valence-electron chi connectivity index (χ1n) is 4.23. The highest BCUT2D eigenvalue weighted by Crippen LogP contribution is 2.16. The lowest BCUT2D eigenvalue weighted by Gasteiger charge is -2.05. The standard InChI is InChI=1S/C10H13NO3/c1-11-10(12)7-14-9-5-3-8(13-2)4-6-9/h3-6H,7H2,1-2H3,(H,11,12). The number of ether oxygens (including phenoxy) is 2. The highest BCUT2D eigenvalue weighted by Gasteiger charge is 1.99. The average Bonchev–Trinajstić information content (AvgIpc) is 2.26. The highest BCUT2D eigenvalue weighted by atomic mass is 16.5. The van der Waals surface area contributed by atoms with E-state index in [0.717, 1.165) is 5.75 Å². The minimum absolute atomic E-state index is 0.0306. The topological polar surface area (TPSA) is 47.6 Å². The molecule has 0 aliphatic heterocycles. The summed E-state index contributed by atoms with van der Waals surface area (Å²) < 4.78 is 10.2. The number of carbonyl (C=O) groups excluding carboxylic acids is 1. The number of methoxy groups -OCH3 is 1. The molecule has 0 unspecified atom stereocenters. The molecule has 0 saturated heterocycles. The molecule has 1 aromatic carbocycles. The van der Waals surface area contributed by atoms with Crippen molar-refractivity contribution in [3.8, 4) is 11.5 Å². The zero-order valence-corrected chi connectivity index (χ0v) is 8.24. The van der Waals surface area contributed by atoms with Gasteiger partial charge in [-0.1, -0.05) is 0 Å². The number of hydrogen-bond donors (Lipinski definition) is 1. The Kier molecular flexibility index (Phi) is 3.79. The van der Waals surface area contributed by atoms with E-state index in [1.807, 2.05) is 0 Å². The minimum atomic E-state index is -0.152. The van der Waals surface area contributed by atoms with Gasteiger partial charge in [0.05, 0.1) is 7.11 Å². The van der Waals surface area contributed by atoms with Gasteiger partial charge in [0.15, 0.2) is 6.61 Å². The molecule has 4 heteroatoms. The molecule has 0 radical (unpaired) electrons. The summed E-state index contributed by atoms with van der Waals surface area (Å²) in [7, 11) is 3.17. The summed E-state index contributed by atoms with van der Waals surface area (Å²) in [6, 6.07) is 7.06. The first-order valence-corrected chi connectivity index (χ1v) is 4.23. The van der Waals surface area contributed by atoms with E-state index < -0.39 is 0 Å². The quantitative estimate of drug-likeness (QED) is 0.773. The monoisotopic (exact) mass is 195 g/mol. The number of likely N-dealkylation sites (N-methyl/N-ethyl adjacent to an activating group) is 1. The summed E-state index contributed by atoms with van der Waals surface area (Å²) in [6.07, 6.45) is 0. The number of amides is 1. The molecule has 76 valence electrons. The average molecular weight is 195 g/mol. The van der Waals surface area contributed by atoms with Gasteiger partial charge in [0.2, 0.25) is 0 Å². The first kappa shape index (κ1) is 10.4. The van der Waals surface area contributed by atoms with Gasteiger partial charge in [0.25, 0.3) is 5.91 Å². The van der Waals surface area contributed by atoms with Crippen molar-refractivity contribution in [2.75, 3.05) is 20.8 Å². The lowest BCUT2D eigenvalue weighted by Crippen LogP contribution is -2.24. The molecule has 4 nitrogen and oxygen atoms in total. The van der Waals surface area contributed by atoms with Crippen LogP contribution >= 0.6 is 0 Å². The van der Waals surface area contributed by atoms with Gasteiger partial charge in [-0.3, -0.25) is 4.79 Å². The van der Waals surface area contributed by atoms with Crippen LogP contribution in [-0.4, -0.2) is 26.7 Å². The van der Waals surface area contributed by atoms with Crippen LogP contribution in [-0.2, 0) is 4.79 Å². The van der Waals surface area contributed by atoms with E-state index in [9.17, 15) is 4.79 Å². The smallest absolute Gasteiger partial charge is 0.257 e. The van der Waals surface area contributed by atoms with Gasteiger partial charge >= 0.3 is 0 Å². The SMILES string of the molecule is CNC(=O)COc1ccc(OC)cc1. The molecule has 0 saturated carbocycles. The van der Waals surface area contributed by atoms with Crippen LogP contribution in [0.2, 0.25) is 0 Å². The van der Waals surface area contributed by atoms with Crippen LogP contribution in [0.4, 0.5) is 0 Å². The second-order valence-electron chi connectivity index (χ2n) is 2.64. The fourth-order valence-electron chi connectivity index (χ4n) is 0.893. The van der Waals surface area contributed by atoms with Gasteiger partial charge in [-0.25, -0.2) is 0 Å². The van der Waals surface area contributed by atoms with Crippen LogP contribution in [0.3, 0.4) is 0 Å². The highest BCUT2D eigenvalue weighted by molar-refractivity contribution is 5.77. The second-order valence-corrected chi connectivity index (χ2v) is 2.64. The summed E-state index contributed by atoms with van der Waals surface area (Å²) in [5.74, 6) is 1.26. The second kappa shape index (κ2) is 5.11. The number of benzene rings is 1. The first-order chi connectivity index (χ1) is 6.76. The maximum atomic E-state index is 10.8. The van der Waals surface area contributed by atoms with Crippen LogP contribution in [0.1, 0.15) is 0 Å². The van der Waals surface area contributed by atoms with Crippen LogP contribution < -0.4 is 14.8 Å². The fourth-order valence-corrected chi connectivity index (χ4v) is 0.893. The number of nitrogens with one attached hydrogen (secondary N) is 1. The fraction of sp³-hybridized carbons (Fsp3) is 0.300. The Labute approximate surface area is 82.8 Å². The zero-order chi connectivity index (χ0) is 10.4. The van der Waals surface area contributed by atoms with Crippen LogP contribution in [0, 0.1) is 0 Å². The van der Waals surface area contributed by atoms with Gasteiger partial charge in [0, 0.05) is 7.05 Å². The summed E-state index contributed by atoms with van der Waals surface area (Å²) >= 11 is 0. The van der Waals surface area contributed by atoms with Gasteiger partial charge in [-0.2, -0.15) is 0 Å². The lowest BCUT2D eigenvalue weighted by molar-refractivity contribution is -0.122. The van der Waals surface area contributed by atoms with Crippen molar-refractivity contribution in [3.63, 3.8) is 0 Å². The maximum absolute atomic E-state index is 10.8. The predicted octanol–water partition coefficient (Wildman–Crippen LogP) is 0.820. The van der Waals surface area contributed by atoms with Crippen molar-refractivity contribution in [2.24, 2.45) is 0 Å². The summed E-state index contributed by atoms with van der Waals surface area (Å²) in [5.41, 5.74) is 0. The van der Waals surface area contributed by atoms with Crippen LogP contribution in [0.25, 0.3) is 0 Å². The van der Waals surface area contributed by atoms with Crippen molar-refractivity contribution in [3.05, 3.63) is 24.3 Å². The van der Waals surface area contributed by atoms with Gasteiger partial charge in [-0.15, -0.1) is 0 Å². The van der Waals surface area contributed by atoms with Crippen LogP contribution in [0.5, 0.6) is 11.5 Å². The van der Waals surface area contributed by atoms with Crippen molar-refractivity contribution in [1.82, 2.24) is 5.32 Å². The molecule has 0 heterocycles. The van der Waals surface area contributed by atoms with Gasteiger partial charge in [-0.05, 0) is 24.3 Å². The molecule has 14 heavy (non-hydrogen) atoms. The molecule has 0 bridgehead atoms. The predicted molar refractivity (Wildman–Crippen MR) is 52.6 cm³/mol. The van der Waals surface area contributed by atoms with E-state index in [1.54, 1.807) is 38.4 Å². The Morgan fingerprint density at radius 2 is 1.86 bits per heavy atom. The third-order valence-electron chi connectivity index (χ3n) is 1.71. The molecule has 0 aromatic heterocycles. The molecule has 0 atom stereocenters. The van der Waals surface area contributed by atoms with E-state index >= 15 is 0 Å². The lowest BCUT2D eigenvalue weighted by atomic mass is 10.3. The number of rotatable bonds is 4. The number of hydrogen-bond acceptors (Lipinski definition) is 3. The molecule has 1 N–H and O–H groups in total. The minimum Gasteiger partial charge on any atom is -0.497 e. The molecule has 0 aliphatic carbocycles. The Morgan fingerprint density at radius 3 is 2.36 bits per heavy atom. The van der Waals surface area contributed by atoms with E-state index in [-0.39, 0.29) is 12.5 Å². The zero-order valence-electron chi connectivity index (χ0n) is 8.24. The molecule has 0 fully saturated rings. The third-order valence-corrected chi connectivity index (χ3v) is 1.71. The third kappa shape index (κ3) is 2.97. The molecule has 0 aliphatic rings. The van der Waals surface area contributed by atoms with E-state index in [4.69, 9.17) is 9.47 Å². The normalized spacial score (nSPS) is 9.29. The van der Waals surface area contributed by atoms with Crippen molar-refractivity contribution < 1.29 is 14.3 Å². The molecular weight excluding hydrogens is 182 g/mol. The Morgan fingerprint density at radius 1 is 1.29 bits per heavy atom. The molecule has 1 aromatic rings. The number of carbonyl (C=O) groups is 1. The van der Waals surface area contributed by atoms with Crippen molar-refractivity contribution in [2.45, 2.75) is 0 Å². The largest absolute Gasteiger partial charge is 0.497 e. The maximum Gasteiger partial charge on any atom is 0.257 e. The van der Waals surface area contributed by atoms with Gasteiger partial charge < -0.3 is 14.8 Å². The van der Waals surface area contributed by atoms with E-state index in [1.165, 1.54) is 0 Å². The Balaban J connectivity index is 2.47. The summed E-state index contributed by atoms with van der Waals surface area (Å²) in [5, 5.41) is 2.47. The van der Waals surface area contributed by atoms with Crippen molar-refractivity contribution >= 4 is 5.91 Å². The van der Waals surface area contributed by atoms with Gasteiger partial charge in [0.1, 0.15) is 11.5 Å².